The largest absolute Gasteiger partial charge is 0.409 e. The van der Waals surface area contributed by atoms with Crippen molar-refractivity contribution in [3.8, 4) is 0 Å². The second-order valence-corrected chi connectivity index (χ2v) is 5.76. The zero-order valence-electron chi connectivity index (χ0n) is 11.9. The smallest absolute Gasteiger partial charge is 0.172 e. The van der Waals surface area contributed by atoms with E-state index in [0.717, 1.165) is 43.5 Å². The Bertz CT molecular complexity index is 517. The van der Waals surface area contributed by atoms with E-state index in [1.165, 1.54) is 18.4 Å². The summed E-state index contributed by atoms with van der Waals surface area (Å²) in [6.07, 6.45) is 2.72. The molecule has 2 fully saturated rings. The van der Waals surface area contributed by atoms with E-state index in [1.54, 1.807) is 0 Å². The van der Waals surface area contributed by atoms with Gasteiger partial charge in [0.1, 0.15) is 0 Å². The maximum absolute atomic E-state index is 8.94. The van der Waals surface area contributed by atoms with Gasteiger partial charge in [-0.05, 0) is 37.5 Å². The fraction of sp³-hybridized carbons (Fsp3) is 0.533. The summed E-state index contributed by atoms with van der Waals surface area (Å²) in [5.74, 6) is 0.185. The minimum Gasteiger partial charge on any atom is -0.409 e. The molecule has 3 rings (SSSR count). The highest BCUT2D eigenvalue weighted by atomic mass is 16.4. The molecule has 0 spiro atoms. The Morgan fingerprint density at radius 2 is 1.95 bits per heavy atom. The average molecular weight is 274 g/mol. The average Bonchev–Trinajstić information content (AvgIpc) is 3.31. The van der Waals surface area contributed by atoms with Crippen LogP contribution in [0, 0.1) is 6.92 Å². The summed E-state index contributed by atoms with van der Waals surface area (Å²) >= 11 is 0. The second kappa shape index (κ2) is 5.32. The van der Waals surface area contributed by atoms with Gasteiger partial charge in [0, 0.05) is 43.5 Å². The summed E-state index contributed by atoms with van der Waals surface area (Å²) in [4.78, 5) is 4.93. The van der Waals surface area contributed by atoms with Crippen LogP contribution < -0.4 is 10.6 Å². The highest BCUT2D eigenvalue weighted by Crippen LogP contribution is 2.29. The van der Waals surface area contributed by atoms with Gasteiger partial charge in [0.05, 0.1) is 0 Å². The van der Waals surface area contributed by atoms with Crippen LogP contribution in [0.25, 0.3) is 0 Å². The molecule has 0 aromatic heterocycles. The van der Waals surface area contributed by atoms with Crippen molar-refractivity contribution in [2.75, 3.05) is 31.1 Å². The van der Waals surface area contributed by atoms with Crippen molar-refractivity contribution in [2.45, 2.75) is 25.8 Å². The molecule has 1 aromatic rings. The van der Waals surface area contributed by atoms with Gasteiger partial charge >= 0.3 is 0 Å². The molecule has 0 radical (unpaired) electrons. The summed E-state index contributed by atoms with van der Waals surface area (Å²) in [6.45, 7) is 6.29. The predicted octanol–water partition coefficient (Wildman–Crippen LogP) is 1.37. The van der Waals surface area contributed by atoms with Gasteiger partial charge in [-0.3, -0.25) is 4.90 Å². The zero-order valence-corrected chi connectivity index (χ0v) is 11.9. The van der Waals surface area contributed by atoms with Crippen LogP contribution in [0.2, 0.25) is 0 Å². The third-order valence-electron chi connectivity index (χ3n) is 4.26. The summed E-state index contributed by atoms with van der Waals surface area (Å²) in [6, 6.07) is 6.89. The van der Waals surface area contributed by atoms with Gasteiger partial charge < -0.3 is 15.8 Å². The van der Waals surface area contributed by atoms with Crippen molar-refractivity contribution >= 4 is 11.5 Å². The number of hydrogen-bond acceptors (Lipinski definition) is 4. The Balaban J connectivity index is 1.80. The van der Waals surface area contributed by atoms with E-state index >= 15 is 0 Å². The first kappa shape index (κ1) is 13.2. The lowest BCUT2D eigenvalue weighted by Gasteiger charge is -2.37. The van der Waals surface area contributed by atoms with E-state index in [0.29, 0.717) is 0 Å². The van der Waals surface area contributed by atoms with E-state index in [9.17, 15) is 0 Å². The van der Waals surface area contributed by atoms with Crippen LogP contribution in [0.4, 0.5) is 5.69 Å². The van der Waals surface area contributed by atoms with E-state index in [4.69, 9.17) is 10.9 Å². The molecule has 1 saturated heterocycles. The number of anilines is 1. The lowest BCUT2D eigenvalue weighted by molar-refractivity contribution is 0.248. The number of piperazine rings is 1. The molecule has 3 N–H and O–H groups in total. The second-order valence-electron chi connectivity index (χ2n) is 5.76. The molecule has 0 unspecified atom stereocenters. The molecule has 0 bridgehead atoms. The van der Waals surface area contributed by atoms with Crippen LogP contribution in [0.5, 0.6) is 0 Å². The number of nitrogens with two attached hydrogens (primary N) is 1. The Morgan fingerprint density at radius 3 is 2.55 bits per heavy atom. The SMILES string of the molecule is Cc1ccc(C(N)=NO)c(N2CCN(C3CC3)CC2)c1. The summed E-state index contributed by atoms with van der Waals surface area (Å²) < 4.78 is 0. The van der Waals surface area contributed by atoms with E-state index in [1.807, 2.05) is 12.1 Å². The Hall–Kier alpha value is -1.75. The molecule has 1 heterocycles. The molecule has 0 amide bonds. The van der Waals surface area contributed by atoms with Gasteiger partial charge in [-0.2, -0.15) is 0 Å². The van der Waals surface area contributed by atoms with Crippen LogP contribution in [0.15, 0.2) is 23.4 Å². The molecule has 0 atom stereocenters. The molecule has 20 heavy (non-hydrogen) atoms. The number of aryl methyl sites for hydroxylation is 1. The number of nitrogens with zero attached hydrogens (tertiary/aromatic N) is 3. The molecule has 1 aromatic carbocycles. The molecule has 1 aliphatic heterocycles. The summed E-state index contributed by atoms with van der Waals surface area (Å²) in [7, 11) is 0. The number of hydrogen-bond donors (Lipinski definition) is 2. The van der Waals surface area contributed by atoms with Crippen LogP contribution in [-0.4, -0.2) is 48.2 Å². The number of rotatable bonds is 3. The molecular weight excluding hydrogens is 252 g/mol. The molecule has 1 aliphatic carbocycles. The monoisotopic (exact) mass is 274 g/mol. The van der Waals surface area contributed by atoms with Gasteiger partial charge in [-0.15, -0.1) is 0 Å². The summed E-state index contributed by atoms with van der Waals surface area (Å²) in [5.41, 5.74) is 8.89. The minimum atomic E-state index is 0.185. The van der Waals surface area contributed by atoms with Crippen LogP contribution >= 0.6 is 0 Å². The van der Waals surface area contributed by atoms with Gasteiger partial charge in [0.15, 0.2) is 5.84 Å². The number of oxime groups is 1. The molecule has 108 valence electrons. The van der Waals surface area contributed by atoms with Gasteiger partial charge in [0.25, 0.3) is 0 Å². The normalized spacial score (nSPS) is 21.2. The quantitative estimate of drug-likeness (QED) is 0.378. The van der Waals surface area contributed by atoms with E-state index in [-0.39, 0.29) is 5.84 Å². The predicted molar refractivity (Wildman–Crippen MR) is 80.5 cm³/mol. The van der Waals surface area contributed by atoms with Gasteiger partial charge in [-0.25, -0.2) is 0 Å². The van der Waals surface area contributed by atoms with Crippen molar-refractivity contribution in [3.05, 3.63) is 29.3 Å². The maximum Gasteiger partial charge on any atom is 0.172 e. The Kier molecular flexibility index (Phi) is 3.53. The fourth-order valence-corrected chi connectivity index (χ4v) is 2.94. The lowest BCUT2D eigenvalue weighted by atomic mass is 10.1. The van der Waals surface area contributed by atoms with Crippen molar-refractivity contribution in [2.24, 2.45) is 10.9 Å². The highest BCUT2D eigenvalue weighted by Gasteiger charge is 2.31. The first-order chi connectivity index (χ1) is 9.69. The molecule has 1 saturated carbocycles. The van der Waals surface area contributed by atoms with Crippen molar-refractivity contribution in [1.29, 1.82) is 0 Å². The maximum atomic E-state index is 8.94. The van der Waals surface area contributed by atoms with E-state index in [2.05, 4.69) is 27.9 Å². The summed E-state index contributed by atoms with van der Waals surface area (Å²) in [5, 5.41) is 12.1. The van der Waals surface area contributed by atoms with Crippen molar-refractivity contribution < 1.29 is 5.21 Å². The minimum absolute atomic E-state index is 0.185. The molecule has 2 aliphatic rings. The highest BCUT2D eigenvalue weighted by molar-refractivity contribution is 6.02. The van der Waals surface area contributed by atoms with Crippen molar-refractivity contribution in [1.82, 2.24) is 4.90 Å². The number of benzene rings is 1. The van der Waals surface area contributed by atoms with Crippen LogP contribution in [-0.2, 0) is 0 Å². The standard InChI is InChI=1S/C15H22N4O/c1-11-2-5-13(15(16)17-20)14(10-11)19-8-6-18(7-9-19)12-3-4-12/h2,5,10,12,20H,3-4,6-9H2,1H3,(H2,16,17). The lowest BCUT2D eigenvalue weighted by Crippen LogP contribution is -2.47. The molecule has 5 heteroatoms. The third-order valence-corrected chi connectivity index (χ3v) is 4.26. The molecular formula is C15H22N4O. The molecule has 5 nitrogen and oxygen atoms in total. The fourth-order valence-electron chi connectivity index (χ4n) is 2.94. The number of amidine groups is 1. The first-order valence-electron chi connectivity index (χ1n) is 7.26. The zero-order chi connectivity index (χ0) is 14.1. The third kappa shape index (κ3) is 2.58. The Morgan fingerprint density at radius 1 is 1.25 bits per heavy atom. The van der Waals surface area contributed by atoms with Crippen LogP contribution in [0.1, 0.15) is 24.0 Å². The topological polar surface area (TPSA) is 65.1 Å². The van der Waals surface area contributed by atoms with Crippen LogP contribution in [0.3, 0.4) is 0 Å². The van der Waals surface area contributed by atoms with Gasteiger partial charge in [0.2, 0.25) is 0 Å². The first-order valence-corrected chi connectivity index (χ1v) is 7.26. The van der Waals surface area contributed by atoms with E-state index < -0.39 is 0 Å². The Labute approximate surface area is 119 Å². The van der Waals surface area contributed by atoms with Gasteiger partial charge in [-0.1, -0.05) is 11.2 Å². The van der Waals surface area contributed by atoms with Crippen molar-refractivity contribution in [3.63, 3.8) is 0 Å².